The average Bonchev–Trinajstić information content (AvgIpc) is 2.94. The molecule has 0 aliphatic heterocycles. The Bertz CT molecular complexity index is 745. The molecule has 0 saturated heterocycles. The van der Waals surface area contributed by atoms with Crippen LogP contribution in [-0.4, -0.2) is 41.8 Å². The molecule has 0 aliphatic rings. The minimum Gasteiger partial charge on any atom is -0.741 e. The molecule has 0 atom stereocenters. The van der Waals surface area contributed by atoms with E-state index in [4.69, 9.17) is 17.5 Å². The zero-order valence-electron chi connectivity index (χ0n) is 14.9. The van der Waals surface area contributed by atoms with E-state index in [0.29, 0.717) is 6.42 Å². The number of hydrogen-bond acceptors (Lipinski definition) is 5. The maximum atomic E-state index is 10.7. The zero-order valence-corrected chi connectivity index (χ0v) is 16.6. The van der Waals surface area contributed by atoms with Crippen LogP contribution in [0.5, 0.6) is 0 Å². The van der Waals surface area contributed by atoms with E-state index < -0.39 is 25.7 Å². The van der Waals surface area contributed by atoms with Crippen molar-refractivity contribution in [2.45, 2.75) is 64.0 Å². The summed E-state index contributed by atoms with van der Waals surface area (Å²) in [6.07, 6.45) is 12.4. The number of nitrogens with zero attached hydrogens (tertiary/aromatic N) is 2. The summed E-state index contributed by atoms with van der Waals surface area (Å²) in [5, 5.41) is 0. The molecule has 1 heterocycles. The lowest BCUT2D eigenvalue weighted by molar-refractivity contribution is -0.696. The number of aromatic nitrogens is 2. The molecule has 0 fully saturated rings. The van der Waals surface area contributed by atoms with E-state index >= 15 is 0 Å². The minimum atomic E-state index is -6.09. The van der Waals surface area contributed by atoms with E-state index in [9.17, 15) is 21.6 Å². The number of rotatable bonds is 10. The number of aryl methyl sites for hydroxylation is 2. The summed E-state index contributed by atoms with van der Waals surface area (Å²) < 4.78 is 92.9. The Labute approximate surface area is 157 Å². The van der Waals surface area contributed by atoms with Crippen LogP contribution in [0.3, 0.4) is 0 Å². The van der Waals surface area contributed by atoms with E-state index in [1.165, 1.54) is 25.7 Å². The molecule has 0 unspecified atom stereocenters. The van der Waals surface area contributed by atoms with Gasteiger partial charge < -0.3 is 4.55 Å². The average molecular weight is 438 g/mol. The van der Waals surface area contributed by atoms with E-state index in [0.717, 1.165) is 19.5 Å². The second-order valence-electron chi connectivity index (χ2n) is 5.84. The smallest absolute Gasteiger partial charge is 0.485 e. The first-order valence-corrected chi connectivity index (χ1v) is 11.3. The summed E-state index contributed by atoms with van der Waals surface area (Å²) in [5.41, 5.74) is -5.65. The monoisotopic (exact) mass is 438 g/mol. The molecule has 0 bridgehead atoms. The molecule has 1 aromatic rings. The van der Waals surface area contributed by atoms with Crippen LogP contribution in [0.4, 0.5) is 13.2 Å². The maximum Gasteiger partial charge on any atom is 0.485 e. The van der Waals surface area contributed by atoms with E-state index in [1.807, 2.05) is 6.20 Å². The van der Waals surface area contributed by atoms with Crippen molar-refractivity contribution >= 4 is 20.2 Å². The first-order valence-electron chi connectivity index (χ1n) is 8.28. The third kappa shape index (κ3) is 13.6. The van der Waals surface area contributed by atoms with Crippen LogP contribution < -0.4 is 4.57 Å². The molecule has 0 radical (unpaired) electrons. The summed E-state index contributed by atoms with van der Waals surface area (Å²) in [4.78, 5) is 0. The van der Waals surface area contributed by atoms with Crippen molar-refractivity contribution in [3.8, 4) is 0 Å². The molecule has 160 valence electrons. The van der Waals surface area contributed by atoms with Crippen molar-refractivity contribution in [1.29, 1.82) is 0 Å². The molecular weight excluding hydrogens is 413 g/mol. The molecule has 1 N–H and O–H groups in total. The number of alkyl halides is 3. The van der Waals surface area contributed by atoms with Crippen molar-refractivity contribution in [1.82, 2.24) is 4.57 Å². The second-order valence-corrected chi connectivity index (χ2v) is 8.79. The van der Waals surface area contributed by atoms with Gasteiger partial charge in [0.15, 0.2) is 10.1 Å². The Morgan fingerprint density at radius 1 is 1.07 bits per heavy atom. The van der Waals surface area contributed by atoms with Crippen LogP contribution in [0.15, 0.2) is 18.7 Å². The molecular formula is C14H25F3N2O6S2. The highest BCUT2D eigenvalue weighted by molar-refractivity contribution is 7.86. The van der Waals surface area contributed by atoms with Crippen molar-refractivity contribution in [2.24, 2.45) is 0 Å². The molecule has 0 amide bonds. The van der Waals surface area contributed by atoms with Gasteiger partial charge in [-0.2, -0.15) is 21.6 Å². The first kappa shape index (κ1) is 25.8. The fourth-order valence-electron chi connectivity index (χ4n) is 2.00. The minimum absolute atomic E-state index is 0.148. The van der Waals surface area contributed by atoms with Crippen molar-refractivity contribution in [2.75, 3.05) is 5.75 Å². The molecule has 27 heavy (non-hydrogen) atoms. The Kier molecular flexibility index (Phi) is 11.1. The lowest BCUT2D eigenvalue weighted by atomic mass is 10.2. The van der Waals surface area contributed by atoms with Gasteiger partial charge in [0.2, 0.25) is 6.33 Å². The largest absolute Gasteiger partial charge is 0.741 e. The van der Waals surface area contributed by atoms with Gasteiger partial charge in [-0.3, -0.25) is 4.55 Å². The number of hydrogen-bond donors (Lipinski definition) is 1. The lowest BCUT2D eigenvalue weighted by Gasteiger charge is -2.08. The van der Waals surface area contributed by atoms with Crippen LogP contribution in [0.2, 0.25) is 0 Å². The summed E-state index contributed by atoms with van der Waals surface area (Å²) in [7, 11) is -9.90. The first-order chi connectivity index (χ1) is 12.3. The van der Waals surface area contributed by atoms with Gasteiger partial charge in [-0.1, -0.05) is 19.8 Å². The Morgan fingerprint density at radius 3 is 2.15 bits per heavy atom. The third-order valence-corrected chi connectivity index (χ3v) is 4.74. The van der Waals surface area contributed by atoms with Gasteiger partial charge in [-0.25, -0.2) is 17.6 Å². The third-order valence-electron chi connectivity index (χ3n) is 3.37. The normalized spacial score (nSPS) is 12.5. The number of unbranched alkanes of at least 4 members (excludes halogenated alkanes) is 4. The predicted octanol–water partition coefficient (Wildman–Crippen LogP) is 2.08. The van der Waals surface area contributed by atoms with E-state index in [2.05, 4.69) is 28.6 Å². The zero-order chi connectivity index (χ0) is 21.1. The topological polar surface area (TPSA) is 120 Å². The van der Waals surface area contributed by atoms with Gasteiger partial charge in [0.05, 0.1) is 18.8 Å². The summed E-state index contributed by atoms with van der Waals surface area (Å²) in [6.45, 7) is 4.03. The summed E-state index contributed by atoms with van der Waals surface area (Å²) in [6, 6.07) is 0. The molecule has 0 saturated carbocycles. The van der Waals surface area contributed by atoms with E-state index in [-0.39, 0.29) is 5.75 Å². The highest BCUT2D eigenvalue weighted by Gasteiger charge is 2.36. The van der Waals surface area contributed by atoms with Gasteiger partial charge in [-0.15, -0.1) is 0 Å². The Hall–Kier alpha value is -1.18. The molecule has 1 rings (SSSR count). The predicted molar refractivity (Wildman–Crippen MR) is 90.2 cm³/mol. The molecule has 0 aliphatic carbocycles. The van der Waals surface area contributed by atoms with Crippen LogP contribution in [0.1, 0.15) is 45.4 Å². The highest BCUT2D eigenvalue weighted by Crippen LogP contribution is 2.20. The Balaban J connectivity index is 0.000000713. The van der Waals surface area contributed by atoms with Crippen LogP contribution in [0.25, 0.3) is 0 Å². The number of imidazole rings is 1. The van der Waals surface area contributed by atoms with Gasteiger partial charge in [0, 0.05) is 0 Å². The van der Waals surface area contributed by atoms with Gasteiger partial charge in [0.25, 0.3) is 10.1 Å². The quantitative estimate of drug-likeness (QED) is 0.258. The van der Waals surface area contributed by atoms with Crippen LogP contribution in [-0.2, 0) is 33.3 Å². The lowest BCUT2D eigenvalue weighted by Crippen LogP contribution is -2.30. The molecule has 1 aromatic heterocycles. The molecule has 0 aromatic carbocycles. The molecule has 0 spiro atoms. The fourth-order valence-corrected chi connectivity index (χ4v) is 2.57. The number of halogens is 3. The second kappa shape index (κ2) is 11.6. The van der Waals surface area contributed by atoms with E-state index in [1.54, 1.807) is 0 Å². The molecule has 8 nitrogen and oxygen atoms in total. The van der Waals surface area contributed by atoms with Crippen molar-refractivity contribution in [3.05, 3.63) is 18.7 Å². The van der Waals surface area contributed by atoms with Gasteiger partial charge in [-0.05, 0) is 25.7 Å². The van der Waals surface area contributed by atoms with Crippen LogP contribution >= 0.6 is 0 Å². The van der Waals surface area contributed by atoms with Crippen LogP contribution in [0, 0.1) is 0 Å². The fraction of sp³-hybridized carbons (Fsp3) is 0.786. The standard InChI is InChI=1S/C13H24N2O3S.CHF3O3S/c1-2-3-4-5-8-14-10-11-15(13-14)9-6-7-12-19(16,17)18;2-1(3,4)8(5,6)7/h10-11,13H,2-9,12H2,1H3;(H,5,6,7). The maximum absolute atomic E-state index is 10.7. The van der Waals surface area contributed by atoms with Crippen molar-refractivity contribution < 1.29 is 43.7 Å². The van der Waals surface area contributed by atoms with Gasteiger partial charge in [0.1, 0.15) is 12.4 Å². The highest BCUT2D eigenvalue weighted by atomic mass is 32.2. The SMILES string of the molecule is CCCCCC[n+]1ccn(CCCCS(=O)(=O)O)c1.O=S(=O)([O-])C(F)(F)F. The molecule has 13 heteroatoms. The summed E-state index contributed by atoms with van der Waals surface area (Å²) >= 11 is 0. The van der Waals surface area contributed by atoms with Gasteiger partial charge >= 0.3 is 5.51 Å². The Morgan fingerprint density at radius 2 is 1.67 bits per heavy atom. The van der Waals surface area contributed by atoms with Crippen molar-refractivity contribution in [3.63, 3.8) is 0 Å². The summed E-state index contributed by atoms with van der Waals surface area (Å²) in [5.74, 6) is -0.148.